The summed E-state index contributed by atoms with van der Waals surface area (Å²) in [6.45, 7) is 3.98. The number of unbranched alkanes of at least 4 members (excludes halogenated alkanes) is 6. The predicted octanol–water partition coefficient (Wildman–Crippen LogP) is 10.9. The van der Waals surface area contributed by atoms with Crippen LogP contribution in [0.1, 0.15) is 129 Å². The van der Waals surface area contributed by atoms with Gasteiger partial charge in [0.1, 0.15) is 19.3 Å². The SMILES string of the molecule is CC/C=C\C/C=C\C/C=C\C/C=C\CCCCCCC(=O)OC[C@H](O)COC(=O)CCCC/C=C\C/C=C\C/C=C\C/C=C\CC. The van der Waals surface area contributed by atoms with Crippen molar-refractivity contribution in [1.82, 2.24) is 0 Å². The zero-order valence-corrected chi connectivity index (χ0v) is 29.0. The number of aliphatic hydroxyl groups is 1. The van der Waals surface area contributed by atoms with Crippen molar-refractivity contribution in [3.63, 3.8) is 0 Å². The van der Waals surface area contributed by atoms with Gasteiger partial charge >= 0.3 is 11.9 Å². The van der Waals surface area contributed by atoms with Crippen LogP contribution in [0.3, 0.4) is 0 Å². The smallest absolute Gasteiger partial charge is 0.305 e. The maximum absolute atomic E-state index is 11.9. The molecule has 0 aromatic carbocycles. The van der Waals surface area contributed by atoms with Gasteiger partial charge in [-0.1, -0.05) is 124 Å². The highest BCUT2D eigenvalue weighted by Crippen LogP contribution is 2.08. The van der Waals surface area contributed by atoms with Crippen molar-refractivity contribution in [2.45, 2.75) is 136 Å². The molecule has 0 aliphatic heterocycles. The Hall–Kier alpha value is -3.18. The van der Waals surface area contributed by atoms with E-state index in [0.717, 1.165) is 103 Å². The molecule has 5 nitrogen and oxygen atoms in total. The average Bonchev–Trinajstić information content (AvgIpc) is 3.06. The maximum Gasteiger partial charge on any atom is 0.305 e. The molecule has 1 N–H and O–H groups in total. The fourth-order valence-electron chi connectivity index (χ4n) is 4.18. The largest absolute Gasteiger partial charge is 0.463 e. The van der Waals surface area contributed by atoms with Crippen LogP contribution >= 0.6 is 0 Å². The van der Waals surface area contributed by atoms with E-state index >= 15 is 0 Å². The normalized spacial score (nSPS) is 13.4. The van der Waals surface area contributed by atoms with Crippen LogP contribution in [-0.2, 0) is 19.1 Å². The summed E-state index contributed by atoms with van der Waals surface area (Å²) in [6, 6.07) is 0. The molecule has 0 heterocycles. The molecule has 5 heteroatoms. The Balaban J connectivity index is 3.61. The molecule has 258 valence electrons. The summed E-state index contributed by atoms with van der Waals surface area (Å²) < 4.78 is 10.3. The lowest BCUT2D eigenvalue weighted by atomic mass is 10.1. The fourth-order valence-corrected chi connectivity index (χ4v) is 4.18. The van der Waals surface area contributed by atoms with Crippen LogP contribution < -0.4 is 0 Å². The fraction of sp³-hybridized carbons (Fsp3) is 0.561. The molecule has 0 spiro atoms. The number of carbonyl (C=O) groups is 2. The molecule has 0 radical (unpaired) electrons. The Morgan fingerprint density at radius 3 is 1.15 bits per heavy atom. The first-order valence-corrected chi connectivity index (χ1v) is 17.8. The molecule has 0 fully saturated rings. The summed E-state index contributed by atoms with van der Waals surface area (Å²) >= 11 is 0. The van der Waals surface area contributed by atoms with Gasteiger partial charge in [0.25, 0.3) is 0 Å². The number of hydrogen-bond donors (Lipinski definition) is 1. The number of allylic oxidation sites excluding steroid dienone is 16. The van der Waals surface area contributed by atoms with Gasteiger partial charge in [-0.3, -0.25) is 9.59 Å². The van der Waals surface area contributed by atoms with Crippen molar-refractivity contribution in [3.05, 3.63) is 97.2 Å². The number of aliphatic hydroxyl groups excluding tert-OH is 1. The van der Waals surface area contributed by atoms with E-state index in [1.807, 2.05) is 0 Å². The van der Waals surface area contributed by atoms with Crippen LogP contribution in [0.2, 0.25) is 0 Å². The highest BCUT2D eigenvalue weighted by atomic mass is 16.6. The van der Waals surface area contributed by atoms with Crippen LogP contribution in [-0.4, -0.2) is 36.4 Å². The van der Waals surface area contributed by atoms with E-state index in [1.165, 1.54) is 0 Å². The number of hydrogen-bond acceptors (Lipinski definition) is 5. The minimum Gasteiger partial charge on any atom is -0.463 e. The van der Waals surface area contributed by atoms with Crippen molar-refractivity contribution in [1.29, 1.82) is 0 Å². The third-order valence-electron chi connectivity index (χ3n) is 6.81. The standard InChI is InChI=1S/C41H64O5/c1-3-5-7-9-11-13-15-17-19-20-22-24-26-28-30-32-34-36-41(44)46-38-39(42)37-45-40(43)35-33-31-29-27-25-23-21-18-16-14-12-10-8-6-4-2/h5-8,11-14,17-19,21-22,24-25,27,39,42H,3-4,9-10,15-16,20,23,26,28-38H2,1-2H3/b7-5-,8-6-,13-11-,14-12-,19-17-,21-18-,24-22-,27-25-/t39-/m1/s1. The monoisotopic (exact) mass is 636 g/mol. The van der Waals surface area contributed by atoms with E-state index in [-0.39, 0.29) is 25.2 Å². The minimum absolute atomic E-state index is 0.149. The van der Waals surface area contributed by atoms with Crippen LogP contribution in [0.5, 0.6) is 0 Å². The molecular weight excluding hydrogens is 572 g/mol. The molecule has 0 amide bonds. The predicted molar refractivity (Wildman–Crippen MR) is 195 cm³/mol. The quantitative estimate of drug-likeness (QED) is 0.0482. The van der Waals surface area contributed by atoms with Crippen LogP contribution in [0.4, 0.5) is 0 Å². The Bertz CT molecular complexity index is 948. The summed E-state index contributed by atoms with van der Waals surface area (Å²) in [4.78, 5) is 23.8. The number of ether oxygens (including phenoxy) is 2. The zero-order chi connectivity index (χ0) is 33.6. The van der Waals surface area contributed by atoms with Gasteiger partial charge in [-0.2, -0.15) is 0 Å². The first-order valence-electron chi connectivity index (χ1n) is 17.8. The second-order valence-corrected chi connectivity index (χ2v) is 11.2. The van der Waals surface area contributed by atoms with Gasteiger partial charge in [0.2, 0.25) is 0 Å². The van der Waals surface area contributed by atoms with E-state index in [4.69, 9.17) is 9.47 Å². The molecule has 0 aliphatic rings. The Labute approximate surface area is 281 Å². The van der Waals surface area contributed by atoms with Crippen LogP contribution in [0.25, 0.3) is 0 Å². The molecule has 0 saturated carbocycles. The van der Waals surface area contributed by atoms with E-state index in [2.05, 4.69) is 111 Å². The summed E-state index contributed by atoms with van der Waals surface area (Å²) in [5, 5.41) is 9.98. The lowest BCUT2D eigenvalue weighted by Crippen LogP contribution is -2.25. The molecule has 0 aromatic heterocycles. The zero-order valence-electron chi connectivity index (χ0n) is 29.0. The van der Waals surface area contributed by atoms with E-state index in [0.29, 0.717) is 12.8 Å². The van der Waals surface area contributed by atoms with E-state index in [1.54, 1.807) is 0 Å². The average molecular weight is 637 g/mol. The molecule has 0 unspecified atom stereocenters. The van der Waals surface area contributed by atoms with Gasteiger partial charge in [0.05, 0.1) is 0 Å². The molecule has 0 bridgehead atoms. The maximum atomic E-state index is 11.9. The topological polar surface area (TPSA) is 72.8 Å². The van der Waals surface area contributed by atoms with Crippen LogP contribution in [0.15, 0.2) is 97.2 Å². The summed E-state index contributed by atoms with van der Waals surface area (Å²) in [5.74, 6) is -0.652. The van der Waals surface area contributed by atoms with E-state index < -0.39 is 6.10 Å². The van der Waals surface area contributed by atoms with Gasteiger partial charge in [-0.25, -0.2) is 0 Å². The number of rotatable bonds is 30. The number of esters is 2. The molecule has 0 aromatic rings. The van der Waals surface area contributed by atoms with E-state index in [9.17, 15) is 14.7 Å². The van der Waals surface area contributed by atoms with Crippen molar-refractivity contribution < 1.29 is 24.2 Å². The molecular formula is C41H64O5. The Morgan fingerprint density at radius 1 is 0.457 bits per heavy atom. The molecule has 0 saturated heterocycles. The highest BCUT2D eigenvalue weighted by molar-refractivity contribution is 5.69. The van der Waals surface area contributed by atoms with Gasteiger partial charge in [-0.05, 0) is 89.9 Å². The number of carbonyl (C=O) groups excluding carboxylic acids is 2. The summed E-state index contributed by atoms with van der Waals surface area (Å²) in [6.07, 6.45) is 50.3. The molecule has 0 aliphatic carbocycles. The van der Waals surface area contributed by atoms with Crippen molar-refractivity contribution in [2.75, 3.05) is 13.2 Å². The lowest BCUT2D eigenvalue weighted by molar-refractivity contribution is -0.152. The first-order chi connectivity index (χ1) is 22.6. The third kappa shape index (κ3) is 35.3. The van der Waals surface area contributed by atoms with Gasteiger partial charge in [0.15, 0.2) is 0 Å². The second-order valence-electron chi connectivity index (χ2n) is 11.2. The third-order valence-corrected chi connectivity index (χ3v) is 6.81. The van der Waals surface area contributed by atoms with Gasteiger partial charge in [-0.15, -0.1) is 0 Å². The first kappa shape index (κ1) is 42.8. The molecule has 1 atom stereocenters. The Kier molecular flexibility index (Phi) is 33.8. The minimum atomic E-state index is -0.997. The van der Waals surface area contributed by atoms with Crippen molar-refractivity contribution in [2.24, 2.45) is 0 Å². The van der Waals surface area contributed by atoms with Crippen LogP contribution in [0, 0.1) is 0 Å². The molecule has 0 rings (SSSR count). The lowest BCUT2D eigenvalue weighted by Gasteiger charge is -2.12. The van der Waals surface area contributed by atoms with Gasteiger partial charge in [0, 0.05) is 12.8 Å². The summed E-state index contributed by atoms with van der Waals surface area (Å²) in [5.41, 5.74) is 0. The van der Waals surface area contributed by atoms with Gasteiger partial charge < -0.3 is 14.6 Å². The molecule has 46 heavy (non-hydrogen) atoms. The highest BCUT2D eigenvalue weighted by Gasteiger charge is 2.11. The van der Waals surface area contributed by atoms with Crippen molar-refractivity contribution in [3.8, 4) is 0 Å². The second kappa shape index (κ2) is 36.3. The Morgan fingerprint density at radius 2 is 0.761 bits per heavy atom. The summed E-state index contributed by atoms with van der Waals surface area (Å²) in [7, 11) is 0. The van der Waals surface area contributed by atoms with Crippen molar-refractivity contribution >= 4 is 11.9 Å².